The van der Waals surface area contributed by atoms with E-state index in [1.807, 2.05) is 0 Å². The summed E-state index contributed by atoms with van der Waals surface area (Å²) in [6.45, 7) is 0. The zero-order valence-corrected chi connectivity index (χ0v) is 13.7. The van der Waals surface area contributed by atoms with E-state index in [2.05, 4.69) is 41.4 Å². The SMILES string of the molecule is Nc1nc2c(s1)C1(CCCCC1)Oc1c-2ccc2ccccc12. The van der Waals surface area contributed by atoms with Crippen molar-refractivity contribution < 1.29 is 4.74 Å². The monoisotopic (exact) mass is 322 g/mol. The molecule has 3 nitrogen and oxygen atoms in total. The molecule has 0 unspecified atom stereocenters. The lowest BCUT2D eigenvalue weighted by Crippen LogP contribution is -2.37. The van der Waals surface area contributed by atoms with E-state index in [9.17, 15) is 0 Å². The van der Waals surface area contributed by atoms with Gasteiger partial charge in [0.25, 0.3) is 0 Å². The summed E-state index contributed by atoms with van der Waals surface area (Å²) in [7, 11) is 0. The Balaban J connectivity index is 1.82. The third kappa shape index (κ3) is 1.84. The van der Waals surface area contributed by atoms with Crippen molar-refractivity contribution in [3.8, 4) is 17.0 Å². The van der Waals surface area contributed by atoms with Crippen LogP contribution in [0.5, 0.6) is 5.75 Å². The Bertz CT molecular complexity index is 909. The largest absolute Gasteiger partial charge is 0.480 e. The number of aromatic nitrogens is 1. The van der Waals surface area contributed by atoms with Gasteiger partial charge in [0, 0.05) is 10.9 Å². The van der Waals surface area contributed by atoms with Gasteiger partial charge in [0.2, 0.25) is 0 Å². The van der Waals surface area contributed by atoms with E-state index in [4.69, 9.17) is 10.5 Å². The highest BCUT2D eigenvalue weighted by atomic mass is 32.1. The van der Waals surface area contributed by atoms with Gasteiger partial charge in [0.1, 0.15) is 11.4 Å². The first-order chi connectivity index (χ1) is 11.3. The molecule has 23 heavy (non-hydrogen) atoms. The minimum atomic E-state index is -0.222. The van der Waals surface area contributed by atoms with Gasteiger partial charge in [-0.3, -0.25) is 0 Å². The zero-order valence-electron chi connectivity index (χ0n) is 12.8. The van der Waals surface area contributed by atoms with E-state index in [-0.39, 0.29) is 5.60 Å². The Labute approximate surface area is 139 Å². The first kappa shape index (κ1) is 13.4. The molecule has 2 heterocycles. The average molecular weight is 322 g/mol. The molecule has 0 amide bonds. The first-order valence-electron chi connectivity index (χ1n) is 8.25. The predicted molar refractivity (Wildman–Crippen MR) is 94.9 cm³/mol. The lowest BCUT2D eigenvalue weighted by atomic mass is 9.80. The molecule has 1 aromatic heterocycles. The summed E-state index contributed by atoms with van der Waals surface area (Å²) >= 11 is 1.61. The summed E-state index contributed by atoms with van der Waals surface area (Å²) < 4.78 is 6.73. The van der Waals surface area contributed by atoms with Crippen molar-refractivity contribution in [3.05, 3.63) is 41.3 Å². The third-order valence-corrected chi connectivity index (χ3v) is 6.22. The van der Waals surface area contributed by atoms with Gasteiger partial charge in [0.15, 0.2) is 5.13 Å². The van der Waals surface area contributed by atoms with Gasteiger partial charge in [-0.25, -0.2) is 4.98 Å². The molecule has 0 bridgehead atoms. The van der Waals surface area contributed by atoms with Crippen molar-refractivity contribution in [2.24, 2.45) is 0 Å². The quantitative estimate of drug-likeness (QED) is 0.626. The van der Waals surface area contributed by atoms with Gasteiger partial charge >= 0.3 is 0 Å². The molecule has 116 valence electrons. The summed E-state index contributed by atoms with van der Waals surface area (Å²) in [5.41, 5.74) is 7.98. The number of nitrogen functional groups attached to an aromatic ring is 1. The van der Waals surface area contributed by atoms with Gasteiger partial charge < -0.3 is 10.5 Å². The van der Waals surface area contributed by atoms with Crippen LogP contribution in [-0.2, 0) is 5.60 Å². The second-order valence-electron chi connectivity index (χ2n) is 6.55. The Kier molecular flexibility index (Phi) is 2.74. The van der Waals surface area contributed by atoms with E-state index in [0.29, 0.717) is 5.13 Å². The molecule has 2 aromatic carbocycles. The third-order valence-electron chi connectivity index (χ3n) is 5.15. The van der Waals surface area contributed by atoms with Crippen molar-refractivity contribution in [1.82, 2.24) is 4.98 Å². The molecule has 2 aliphatic rings. The fourth-order valence-electron chi connectivity index (χ4n) is 4.06. The van der Waals surface area contributed by atoms with Crippen LogP contribution in [0.3, 0.4) is 0 Å². The first-order valence-corrected chi connectivity index (χ1v) is 9.06. The molecule has 0 saturated heterocycles. The molecule has 4 heteroatoms. The summed E-state index contributed by atoms with van der Waals surface area (Å²) in [4.78, 5) is 5.90. The molecular weight excluding hydrogens is 304 g/mol. The standard InChI is InChI=1S/C19H18N2OS/c20-18-21-15-14-9-8-12-6-2-3-7-13(12)16(14)22-19(17(15)23-18)10-4-1-5-11-19/h2-3,6-9H,1,4-5,10-11H2,(H2,20,21). The van der Waals surface area contributed by atoms with Crippen LogP contribution in [0.4, 0.5) is 5.13 Å². The van der Waals surface area contributed by atoms with E-state index in [1.54, 1.807) is 11.3 Å². The van der Waals surface area contributed by atoms with Crippen LogP contribution >= 0.6 is 11.3 Å². The van der Waals surface area contributed by atoms with Crippen LogP contribution < -0.4 is 10.5 Å². The molecule has 5 rings (SSSR count). The summed E-state index contributed by atoms with van der Waals surface area (Å²) in [5.74, 6) is 0.989. The fourth-order valence-corrected chi connectivity index (χ4v) is 5.09. The van der Waals surface area contributed by atoms with E-state index < -0.39 is 0 Å². The fraction of sp³-hybridized carbons (Fsp3) is 0.316. The molecule has 1 aliphatic heterocycles. The van der Waals surface area contributed by atoms with E-state index in [0.717, 1.165) is 29.8 Å². The minimum absolute atomic E-state index is 0.222. The normalized spacial score (nSPS) is 18.4. The van der Waals surface area contributed by atoms with Crippen molar-refractivity contribution in [3.63, 3.8) is 0 Å². The average Bonchev–Trinajstić information content (AvgIpc) is 2.99. The maximum atomic E-state index is 6.73. The summed E-state index contributed by atoms with van der Waals surface area (Å²) in [6.07, 6.45) is 5.82. The number of nitrogens with zero attached hydrogens (tertiary/aromatic N) is 1. The molecule has 1 spiro atoms. The van der Waals surface area contributed by atoms with Crippen LogP contribution in [0.15, 0.2) is 36.4 Å². The Morgan fingerprint density at radius 2 is 1.87 bits per heavy atom. The molecule has 1 saturated carbocycles. The van der Waals surface area contributed by atoms with Crippen LogP contribution in [0.25, 0.3) is 22.0 Å². The molecule has 0 atom stereocenters. The van der Waals surface area contributed by atoms with Crippen molar-refractivity contribution in [2.75, 3.05) is 5.73 Å². The minimum Gasteiger partial charge on any atom is -0.480 e. The maximum absolute atomic E-state index is 6.73. The second kappa shape index (κ2) is 4.71. The van der Waals surface area contributed by atoms with Crippen molar-refractivity contribution >= 4 is 27.2 Å². The highest BCUT2D eigenvalue weighted by Gasteiger charge is 2.44. The Morgan fingerprint density at radius 3 is 2.74 bits per heavy atom. The molecule has 0 radical (unpaired) electrons. The lowest BCUT2D eigenvalue weighted by Gasteiger charge is -2.41. The number of benzene rings is 2. The van der Waals surface area contributed by atoms with Gasteiger partial charge in [-0.15, -0.1) is 0 Å². The maximum Gasteiger partial charge on any atom is 0.180 e. The van der Waals surface area contributed by atoms with Gasteiger partial charge in [0.05, 0.1) is 10.6 Å². The lowest BCUT2D eigenvalue weighted by molar-refractivity contribution is 0.0289. The summed E-state index contributed by atoms with van der Waals surface area (Å²) in [5, 5.41) is 3.03. The van der Waals surface area contributed by atoms with Crippen LogP contribution in [0, 0.1) is 0 Å². The second-order valence-corrected chi connectivity index (χ2v) is 7.58. The van der Waals surface area contributed by atoms with Crippen LogP contribution in [0.2, 0.25) is 0 Å². The molecule has 2 N–H and O–H groups in total. The topological polar surface area (TPSA) is 48.1 Å². The number of fused-ring (bicyclic) bond motifs is 6. The molecular formula is C19H18N2OS. The van der Waals surface area contributed by atoms with Gasteiger partial charge in [-0.05, 0) is 37.1 Å². The van der Waals surface area contributed by atoms with Crippen LogP contribution in [0.1, 0.15) is 37.0 Å². The zero-order chi connectivity index (χ0) is 15.4. The Hall–Kier alpha value is -2.07. The number of anilines is 1. The Morgan fingerprint density at radius 1 is 1.04 bits per heavy atom. The number of hydrogen-bond acceptors (Lipinski definition) is 4. The summed E-state index contributed by atoms with van der Waals surface area (Å²) in [6, 6.07) is 12.7. The van der Waals surface area contributed by atoms with Crippen molar-refractivity contribution in [2.45, 2.75) is 37.7 Å². The highest BCUT2D eigenvalue weighted by molar-refractivity contribution is 7.16. The van der Waals surface area contributed by atoms with E-state index >= 15 is 0 Å². The van der Waals surface area contributed by atoms with Gasteiger partial charge in [-0.1, -0.05) is 48.1 Å². The number of nitrogens with two attached hydrogens (primary N) is 1. The highest BCUT2D eigenvalue weighted by Crippen LogP contribution is 2.55. The molecule has 1 aliphatic carbocycles. The van der Waals surface area contributed by atoms with Crippen LogP contribution in [-0.4, -0.2) is 4.98 Å². The predicted octanol–water partition coefficient (Wildman–Crippen LogP) is 5.10. The van der Waals surface area contributed by atoms with E-state index in [1.165, 1.54) is 34.9 Å². The molecule has 1 fully saturated rings. The number of ether oxygens (including phenoxy) is 1. The number of rotatable bonds is 0. The number of thiazole rings is 1. The smallest absolute Gasteiger partial charge is 0.180 e. The number of hydrogen-bond donors (Lipinski definition) is 1. The molecule has 3 aromatic rings. The van der Waals surface area contributed by atoms with Gasteiger partial charge in [-0.2, -0.15) is 0 Å². The van der Waals surface area contributed by atoms with Crippen molar-refractivity contribution in [1.29, 1.82) is 0 Å².